The van der Waals surface area contributed by atoms with Gasteiger partial charge in [-0.2, -0.15) is 13.2 Å². The van der Waals surface area contributed by atoms with Gasteiger partial charge in [0.25, 0.3) is 0 Å². The van der Waals surface area contributed by atoms with E-state index in [1.807, 2.05) is 0 Å². The number of nitrogens with one attached hydrogen (secondary N) is 1. The molecule has 2 rings (SSSR count). The van der Waals surface area contributed by atoms with E-state index in [9.17, 15) is 17.6 Å². The van der Waals surface area contributed by atoms with Crippen LogP contribution in [-0.4, -0.2) is 0 Å². The maximum absolute atomic E-state index is 13.2. The van der Waals surface area contributed by atoms with Crippen LogP contribution < -0.4 is 5.32 Å². The summed E-state index contributed by atoms with van der Waals surface area (Å²) in [7, 11) is 0. The SMILES string of the molecule is Fc1cc(NCc2ccccc2C(F)(F)F)ccc1Cl. The lowest BCUT2D eigenvalue weighted by Crippen LogP contribution is -2.11. The van der Waals surface area contributed by atoms with Gasteiger partial charge in [0.05, 0.1) is 10.6 Å². The molecule has 0 amide bonds. The molecule has 0 spiro atoms. The second-order valence-electron chi connectivity index (χ2n) is 4.14. The molecule has 0 heterocycles. The van der Waals surface area contributed by atoms with Gasteiger partial charge in [0.2, 0.25) is 0 Å². The smallest absolute Gasteiger partial charge is 0.381 e. The van der Waals surface area contributed by atoms with Gasteiger partial charge in [-0.3, -0.25) is 0 Å². The summed E-state index contributed by atoms with van der Waals surface area (Å²) < 4.78 is 51.6. The first-order chi connectivity index (χ1) is 9.38. The summed E-state index contributed by atoms with van der Waals surface area (Å²) in [5, 5.41) is 2.71. The van der Waals surface area contributed by atoms with Crippen LogP contribution in [0.5, 0.6) is 0 Å². The number of alkyl halides is 3. The molecule has 0 aromatic heterocycles. The molecule has 0 unspecified atom stereocenters. The van der Waals surface area contributed by atoms with Gasteiger partial charge in [-0.1, -0.05) is 29.8 Å². The normalized spacial score (nSPS) is 11.4. The van der Waals surface area contributed by atoms with Gasteiger partial charge >= 0.3 is 6.18 Å². The first-order valence-electron chi connectivity index (χ1n) is 5.72. The summed E-state index contributed by atoms with van der Waals surface area (Å²) in [6, 6.07) is 9.22. The zero-order valence-corrected chi connectivity index (χ0v) is 10.9. The lowest BCUT2D eigenvalue weighted by molar-refractivity contribution is -0.138. The maximum Gasteiger partial charge on any atom is 0.416 e. The van der Waals surface area contributed by atoms with Crippen molar-refractivity contribution in [2.45, 2.75) is 12.7 Å². The number of hydrogen-bond donors (Lipinski definition) is 1. The Morgan fingerprint density at radius 3 is 2.40 bits per heavy atom. The maximum atomic E-state index is 13.2. The Labute approximate surface area is 118 Å². The lowest BCUT2D eigenvalue weighted by atomic mass is 10.1. The van der Waals surface area contributed by atoms with E-state index < -0.39 is 17.6 Å². The highest BCUT2D eigenvalue weighted by Gasteiger charge is 2.32. The second kappa shape index (κ2) is 5.71. The number of benzene rings is 2. The lowest BCUT2D eigenvalue weighted by Gasteiger charge is -2.14. The molecule has 6 heteroatoms. The van der Waals surface area contributed by atoms with E-state index in [-0.39, 0.29) is 17.1 Å². The van der Waals surface area contributed by atoms with Crippen LogP contribution in [0.25, 0.3) is 0 Å². The Morgan fingerprint density at radius 1 is 1.05 bits per heavy atom. The predicted octanol–water partition coefficient (Wildman–Crippen LogP) is 5.11. The number of hydrogen-bond acceptors (Lipinski definition) is 1. The first-order valence-corrected chi connectivity index (χ1v) is 6.10. The highest BCUT2D eigenvalue weighted by Crippen LogP contribution is 2.32. The molecule has 0 saturated carbocycles. The minimum absolute atomic E-state index is 0.0359. The van der Waals surface area contributed by atoms with Crippen LogP contribution in [0.3, 0.4) is 0 Å². The molecule has 0 atom stereocenters. The fourth-order valence-electron chi connectivity index (χ4n) is 1.75. The van der Waals surface area contributed by atoms with Gasteiger partial charge in [-0.25, -0.2) is 4.39 Å². The van der Waals surface area contributed by atoms with Crippen molar-refractivity contribution in [1.29, 1.82) is 0 Å². The number of halogens is 5. The number of rotatable bonds is 3. The molecule has 0 bridgehead atoms. The van der Waals surface area contributed by atoms with E-state index >= 15 is 0 Å². The van der Waals surface area contributed by atoms with Crippen molar-refractivity contribution >= 4 is 17.3 Å². The van der Waals surface area contributed by atoms with E-state index in [0.29, 0.717) is 5.69 Å². The predicted molar refractivity (Wildman–Crippen MR) is 70.2 cm³/mol. The van der Waals surface area contributed by atoms with Gasteiger partial charge in [0.15, 0.2) is 0 Å². The molecule has 1 N–H and O–H groups in total. The van der Waals surface area contributed by atoms with Crippen LogP contribution in [-0.2, 0) is 12.7 Å². The molecule has 0 aliphatic rings. The van der Waals surface area contributed by atoms with Gasteiger partial charge in [0.1, 0.15) is 5.82 Å². The molecule has 20 heavy (non-hydrogen) atoms. The average molecular weight is 304 g/mol. The monoisotopic (exact) mass is 303 g/mol. The molecule has 0 radical (unpaired) electrons. The van der Waals surface area contributed by atoms with Crippen LogP contribution in [0.4, 0.5) is 23.2 Å². The van der Waals surface area contributed by atoms with Crippen molar-refractivity contribution in [3.05, 3.63) is 64.4 Å². The van der Waals surface area contributed by atoms with Crippen LogP contribution in [0, 0.1) is 5.82 Å². The molecule has 0 aliphatic carbocycles. The van der Waals surface area contributed by atoms with Crippen molar-refractivity contribution in [2.75, 3.05) is 5.32 Å². The first kappa shape index (κ1) is 14.7. The van der Waals surface area contributed by atoms with Crippen LogP contribution in [0.15, 0.2) is 42.5 Å². The summed E-state index contributed by atoms with van der Waals surface area (Å²) in [6.45, 7) is -0.0588. The quantitative estimate of drug-likeness (QED) is 0.777. The van der Waals surface area contributed by atoms with E-state index in [4.69, 9.17) is 11.6 Å². The van der Waals surface area contributed by atoms with E-state index in [1.165, 1.54) is 30.3 Å². The minimum Gasteiger partial charge on any atom is -0.381 e. The molecule has 0 aliphatic heterocycles. The summed E-state index contributed by atoms with van der Waals surface area (Å²) >= 11 is 5.53. The topological polar surface area (TPSA) is 12.0 Å². The Hall–Kier alpha value is -1.75. The van der Waals surface area contributed by atoms with Gasteiger partial charge in [-0.15, -0.1) is 0 Å². The average Bonchev–Trinajstić information content (AvgIpc) is 2.39. The van der Waals surface area contributed by atoms with Crippen molar-refractivity contribution in [3.8, 4) is 0 Å². The highest BCUT2D eigenvalue weighted by molar-refractivity contribution is 6.30. The zero-order chi connectivity index (χ0) is 14.8. The molecule has 2 aromatic carbocycles. The molecule has 1 nitrogen and oxygen atoms in total. The highest BCUT2D eigenvalue weighted by atomic mass is 35.5. The van der Waals surface area contributed by atoms with Crippen LogP contribution >= 0.6 is 11.6 Å². The third-order valence-electron chi connectivity index (χ3n) is 2.73. The summed E-state index contributed by atoms with van der Waals surface area (Å²) in [5.74, 6) is -0.624. The van der Waals surface area contributed by atoms with Gasteiger partial charge in [0, 0.05) is 12.2 Å². The molecule has 2 aromatic rings. The minimum atomic E-state index is -4.41. The number of anilines is 1. The molecule has 106 valence electrons. The summed E-state index contributed by atoms with van der Waals surface area (Å²) in [6.07, 6.45) is -4.41. The molecular weight excluding hydrogens is 294 g/mol. The Morgan fingerprint density at radius 2 is 1.75 bits per heavy atom. The largest absolute Gasteiger partial charge is 0.416 e. The van der Waals surface area contributed by atoms with Gasteiger partial charge in [-0.05, 0) is 29.8 Å². The zero-order valence-electron chi connectivity index (χ0n) is 10.1. The van der Waals surface area contributed by atoms with Crippen molar-refractivity contribution in [1.82, 2.24) is 0 Å². The molecule has 0 fully saturated rings. The van der Waals surface area contributed by atoms with Crippen LogP contribution in [0.2, 0.25) is 5.02 Å². The molecular formula is C14H10ClF4N. The van der Waals surface area contributed by atoms with Crippen molar-refractivity contribution < 1.29 is 17.6 Å². The Balaban J connectivity index is 2.17. The molecule has 0 saturated heterocycles. The fraction of sp³-hybridized carbons (Fsp3) is 0.143. The van der Waals surface area contributed by atoms with Crippen molar-refractivity contribution in [3.63, 3.8) is 0 Å². The van der Waals surface area contributed by atoms with Crippen LogP contribution in [0.1, 0.15) is 11.1 Å². The van der Waals surface area contributed by atoms with E-state index in [2.05, 4.69) is 5.32 Å². The van der Waals surface area contributed by atoms with Gasteiger partial charge < -0.3 is 5.32 Å². The Kier molecular flexibility index (Phi) is 4.18. The third kappa shape index (κ3) is 3.42. The summed E-state index contributed by atoms with van der Waals surface area (Å²) in [5.41, 5.74) is -0.249. The Bertz CT molecular complexity index is 610. The fourth-order valence-corrected chi connectivity index (χ4v) is 1.87. The third-order valence-corrected chi connectivity index (χ3v) is 3.03. The van der Waals surface area contributed by atoms with Crippen molar-refractivity contribution in [2.24, 2.45) is 0 Å². The second-order valence-corrected chi connectivity index (χ2v) is 4.54. The standard InChI is InChI=1S/C14H10ClF4N/c15-12-6-5-10(7-13(12)16)20-8-9-3-1-2-4-11(9)14(17,18)19/h1-7,20H,8H2. The summed E-state index contributed by atoms with van der Waals surface area (Å²) in [4.78, 5) is 0. The van der Waals surface area contributed by atoms with E-state index in [0.717, 1.165) is 12.1 Å². The van der Waals surface area contributed by atoms with E-state index in [1.54, 1.807) is 0 Å².